The van der Waals surface area contributed by atoms with E-state index < -0.39 is 11.6 Å². The van der Waals surface area contributed by atoms with Crippen LogP contribution in [0, 0.1) is 10.8 Å². The number of hydrogen-bond acceptors (Lipinski definition) is 3. The summed E-state index contributed by atoms with van der Waals surface area (Å²) >= 11 is 0. The highest BCUT2D eigenvalue weighted by Gasteiger charge is 2.64. The number of Topliss-reactive ketones (excluding diaryl/α,β-unsaturated/α-hetero) is 1. The minimum atomic E-state index is -0.851. The van der Waals surface area contributed by atoms with Gasteiger partial charge >= 0.3 is 6.09 Å². The molecule has 1 saturated heterocycles. The van der Waals surface area contributed by atoms with E-state index in [0.29, 0.717) is 13.1 Å². The summed E-state index contributed by atoms with van der Waals surface area (Å²) < 4.78 is 0. The zero-order chi connectivity index (χ0) is 15.2. The number of carboxylic acid groups (broad SMARTS) is 1. The number of ketones is 1. The number of likely N-dealkylation sites (N-methyl/N-ethyl adjacent to an activating group) is 1. The molecule has 2 rings (SSSR count). The molecule has 114 valence electrons. The second-order valence-corrected chi connectivity index (χ2v) is 7.28. The van der Waals surface area contributed by atoms with E-state index in [1.54, 1.807) is 0 Å². The van der Waals surface area contributed by atoms with Crippen molar-refractivity contribution in [2.45, 2.75) is 52.0 Å². The molecule has 0 aromatic carbocycles. The van der Waals surface area contributed by atoms with Crippen molar-refractivity contribution >= 4 is 11.9 Å². The first-order valence-corrected chi connectivity index (χ1v) is 7.40. The molecule has 5 nitrogen and oxygen atoms in total. The molecular weight excluding hydrogens is 256 g/mol. The average molecular weight is 282 g/mol. The zero-order valence-electron chi connectivity index (χ0n) is 13.0. The van der Waals surface area contributed by atoms with Gasteiger partial charge in [0.25, 0.3) is 0 Å². The minimum Gasteiger partial charge on any atom is -0.465 e. The van der Waals surface area contributed by atoms with Crippen molar-refractivity contribution in [3.8, 4) is 0 Å². The number of rotatable bonds is 2. The Balaban J connectivity index is 2.21. The summed E-state index contributed by atoms with van der Waals surface area (Å²) in [5.74, 6) is 0.266. The van der Waals surface area contributed by atoms with Crippen molar-refractivity contribution < 1.29 is 14.7 Å². The van der Waals surface area contributed by atoms with Crippen LogP contribution in [-0.4, -0.2) is 47.6 Å². The van der Waals surface area contributed by atoms with E-state index in [-0.39, 0.29) is 16.6 Å². The maximum absolute atomic E-state index is 12.9. The Bertz CT molecular complexity index is 415. The Morgan fingerprint density at radius 1 is 1.10 bits per heavy atom. The second-order valence-electron chi connectivity index (χ2n) is 7.28. The summed E-state index contributed by atoms with van der Waals surface area (Å²) in [5.41, 5.74) is -0.895. The molecule has 0 aromatic heterocycles. The van der Waals surface area contributed by atoms with Crippen LogP contribution in [0.15, 0.2) is 0 Å². The molecule has 1 atom stereocenters. The number of amides is 1. The minimum absolute atomic E-state index is 0.0575. The maximum atomic E-state index is 12.9. The van der Waals surface area contributed by atoms with Gasteiger partial charge in [0.15, 0.2) is 5.78 Å². The van der Waals surface area contributed by atoms with E-state index in [2.05, 4.69) is 5.32 Å². The van der Waals surface area contributed by atoms with Crippen molar-refractivity contribution in [3.05, 3.63) is 0 Å². The molecule has 1 aliphatic heterocycles. The lowest BCUT2D eigenvalue weighted by molar-refractivity contribution is -0.154. The molecule has 2 aliphatic rings. The smallest absolute Gasteiger partial charge is 0.407 e. The lowest BCUT2D eigenvalue weighted by Gasteiger charge is -2.62. The summed E-state index contributed by atoms with van der Waals surface area (Å²) in [6, 6.07) is 0. The van der Waals surface area contributed by atoms with Crippen LogP contribution in [0.1, 0.15) is 46.5 Å². The fourth-order valence-corrected chi connectivity index (χ4v) is 4.03. The van der Waals surface area contributed by atoms with Gasteiger partial charge in [-0.15, -0.1) is 0 Å². The summed E-state index contributed by atoms with van der Waals surface area (Å²) in [7, 11) is 1.87. The predicted molar refractivity (Wildman–Crippen MR) is 76.8 cm³/mol. The molecule has 1 saturated carbocycles. The van der Waals surface area contributed by atoms with Crippen LogP contribution in [0.4, 0.5) is 4.79 Å². The molecule has 1 amide bonds. The van der Waals surface area contributed by atoms with Crippen LogP contribution < -0.4 is 5.32 Å². The number of hydrogen-bond donors (Lipinski definition) is 2. The number of nitrogens with one attached hydrogen (secondary N) is 1. The topological polar surface area (TPSA) is 69.6 Å². The van der Waals surface area contributed by atoms with Gasteiger partial charge < -0.3 is 15.3 Å². The van der Waals surface area contributed by atoms with E-state index in [4.69, 9.17) is 5.11 Å². The summed E-state index contributed by atoms with van der Waals surface area (Å²) in [4.78, 5) is 25.4. The van der Waals surface area contributed by atoms with Gasteiger partial charge in [-0.3, -0.25) is 4.79 Å². The molecule has 0 aromatic rings. The van der Waals surface area contributed by atoms with Crippen molar-refractivity contribution in [2.75, 3.05) is 20.1 Å². The third kappa shape index (κ3) is 2.03. The molecule has 2 fully saturated rings. The Hall–Kier alpha value is -1.10. The molecule has 1 unspecified atom stereocenters. The van der Waals surface area contributed by atoms with Gasteiger partial charge in [-0.1, -0.05) is 20.8 Å². The fraction of sp³-hybridized carbons (Fsp3) is 0.867. The van der Waals surface area contributed by atoms with Crippen molar-refractivity contribution in [1.29, 1.82) is 0 Å². The fourth-order valence-electron chi connectivity index (χ4n) is 4.03. The summed E-state index contributed by atoms with van der Waals surface area (Å²) in [5, 5.41) is 12.4. The highest BCUT2D eigenvalue weighted by molar-refractivity contribution is 5.94. The largest absolute Gasteiger partial charge is 0.465 e. The first kappa shape index (κ1) is 15.3. The number of carbonyl (C=O) groups is 2. The lowest BCUT2D eigenvalue weighted by atomic mass is 9.47. The molecule has 1 aliphatic carbocycles. The number of piperidine rings is 1. The second kappa shape index (κ2) is 4.72. The molecular formula is C15H26N2O3. The molecule has 2 N–H and O–H groups in total. The standard InChI is InChI=1S/C15H26N2O3/c1-13(2,3)11(18)15(16-4)6-5-14(15)7-9-17(10-8-14)12(19)20/h16H,5-10H2,1-4H3,(H,19,20). The van der Waals surface area contributed by atoms with Gasteiger partial charge in [0.05, 0.1) is 5.54 Å². The quantitative estimate of drug-likeness (QED) is 0.814. The lowest BCUT2D eigenvalue weighted by Crippen LogP contribution is -2.73. The van der Waals surface area contributed by atoms with Gasteiger partial charge in [-0.05, 0) is 38.1 Å². The highest BCUT2D eigenvalue weighted by Crippen LogP contribution is 2.58. The van der Waals surface area contributed by atoms with Crippen LogP contribution in [0.2, 0.25) is 0 Å². The molecule has 0 radical (unpaired) electrons. The van der Waals surface area contributed by atoms with Crippen LogP contribution in [0.25, 0.3) is 0 Å². The third-order valence-corrected chi connectivity index (χ3v) is 5.37. The third-order valence-electron chi connectivity index (χ3n) is 5.37. The van der Waals surface area contributed by atoms with Gasteiger partial charge in [-0.25, -0.2) is 4.79 Å². The van der Waals surface area contributed by atoms with E-state index in [1.807, 2.05) is 27.8 Å². The summed E-state index contributed by atoms with van der Waals surface area (Å²) in [6.07, 6.45) is 2.59. The Morgan fingerprint density at radius 3 is 1.95 bits per heavy atom. The molecule has 1 spiro atoms. The normalized spacial score (nSPS) is 29.1. The average Bonchev–Trinajstić information content (AvgIpc) is 2.37. The van der Waals surface area contributed by atoms with Gasteiger partial charge in [-0.2, -0.15) is 0 Å². The van der Waals surface area contributed by atoms with Crippen LogP contribution >= 0.6 is 0 Å². The number of carbonyl (C=O) groups excluding carboxylic acids is 1. The first-order chi connectivity index (χ1) is 9.18. The zero-order valence-corrected chi connectivity index (χ0v) is 13.0. The SMILES string of the molecule is CNC1(C(=O)C(C)(C)C)CCC12CCN(C(=O)O)CC2. The van der Waals surface area contributed by atoms with E-state index in [1.165, 1.54) is 4.90 Å². The first-order valence-electron chi connectivity index (χ1n) is 7.40. The van der Waals surface area contributed by atoms with E-state index in [0.717, 1.165) is 25.7 Å². The predicted octanol–water partition coefficient (Wildman–Crippen LogP) is 2.11. The van der Waals surface area contributed by atoms with E-state index in [9.17, 15) is 9.59 Å². The van der Waals surface area contributed by atoms with Crippen LogP contribution in [0.3, 0.4) is 0 Å². The Morgan fingerprint density at radius 2 is 1.65 bits per heavy atom. The van der Waals surface area contributed by atoms with Crippen LogP contribution in [0.5, 0.6) is 0 Å². The molecule has 5 heteroatoms. The van der Waals surface area contributed by atoms with Crippen LogP contribution in [-0.2, 0) is 4.79 Å². The molecule has 1 heterocycles. The monoisotopic (exact) mass is 282 g/mol. The van der Waals surface area contributed by atoms with Gasteiger partial charge in [0.1, 0.15) is 0 Å². The number of nitrogens with zero attached hydrogens (tertiary/aromatic N) is 1. The Kier molecular flexibility index (Phi) is 3.61. The molecule has 20 heavy (non-hydrogen) atoms. The van der Waals surface area contributed by atoms with Crippen molar-refractivity contribution in [1.82, 2.24) is 10.2 Å². The highest BCUT2D eigenvalue weighted by atomic mass is 16.4. The number of likely N-dealkylation sites (tertiary alicyclic amines) is 1. The van der Waals surface area contributed by atoms with E-state index >= 15 is 0 Å². The summed E-state index contributed by atoms with van der Waals surface area (Å²) in [6.45, 7) is 6.97. The maximum Gasteiger partial charge on any atom is 0.407 e. The molecule has 0 bridgehead atoms. The van der Waals surface area contributed by atoms with Gasteiger partial charge in [0.2, 0.25) is 0 Å². The Labute approximate surface area is 120 Å². The van der Waals surface area contributed by atoms with Crippen molar-refractivity contribution in [2.24, 2.45) is 10.8 Å². The van der Waals surface area contributed by atoms with Crippen molar-refractivity contribution in [3.63, 3.8) is 0 Å². The van der Waals surface area contributed by atoms with Gasteiger partial charge in [0, 0.05) is 18.5 Å².